The zero-order valence-electron chi connectivity index (χ0n) is 8.21. The fourth-order valence-corrected chi connectivity index (χ4v) is 1.56. The molecule has 0 spiro atoms. The van der Waals surface area contributed by atoms with E-state index in [-0.39, 0.29) is 18.0 Å². The zero-order chi connectivity index (χ0) is 10.8. The molecule has 0 saturated carbocycles. The predicted octanol–water partition coefficient (Wildman–Crippen LogP) is 1.47. The second-order valence-corrected chi connectivity index (χ2v) is 3.68. The van der Waals surface area contributed by atoms with Crippen LogP contribution in [0.1, 0.15) is 11.1 Å². The minimum absolute atomic E-state index is 0.0721. The van der Waals surface area contributed by atoms with E-state index in [9.17, 15) is 4.79 Å². The summed E-state index contributed by atoms with van der Waals surface area (Å²) in [7, 11) is 1.77. The topological polar surface area (TPSA) is 50.4 Å². The summed E-state index contributed by atoms with van der Waals surface area (Å²) < 4.78 is 5.23. The van der Waals surface area contributed by atoms with Gasteiger partial charge in [0.05, 0.1) is 5.69 Å². The lowest BCUT2D eigenvalue weighted by atomic mass is 10.1. The molecule has 0 aromatic heterocycles. The van der Waals surface area contributed by atoms with Crippen molar-refractivity contribution < 1.29 is 9.53 Å². The van der Waals surface area contributed by atoms with Gasteiger partial charge in [0.15, 0.2) is 6.61 Å². The van der Waals surface area contributed by atoms with Crippen LogP contribution in [0.2, 0.25) is 0 Å². The van der Waals surface area contributed by atoms with Crippen molar-refractivity contribution >= 4 is 23.2 Å². The van der Waals surface area contributed by atoms with Crippen LogP contribution >= 0.6 is 11.6 Å². The van der Waals surface area contributed by atoms with Crippen molar-refractivity contribution in [2.24, 2.45) is 0 Å². The SMILES string of the molecule is CNC(Cl)c1ccc2c(c1)NC(=O)CO2. The maximum Gasteiger partial charge on any atom is 0.262 e. The lowest BCUT2D eigenvalue weighted by molar-refractivity contribution is -0.118. The van der Waals surface area contributed by atoms with Crippen molar-refractivity contribution in [3.63, 3.8) is 0 Å². The first-order valence-corrected chi connectivity index (χ1v) is 5.02. The molecule has 2 N–H and O–H groups in total. The highest BCUT2D eigenvalue weighted by Crippen LogP contribution is 2.31. The summed E-state index contributed by atoms with van der Waals surface area (Å²) in [6.45, 7) is 0.0721. The highest BCUT2D eigenvalue weighted by Gasteiger charge is 2.17. The summed E-state index contributed by atoms with van der Waals surface area (Å²) in [5.74, 6) is 0.536. The van der Waals surface area contributed by atoms with Crippen LogP contribution in [0.3, 0.4) is 0 Å². The Morgan fingerprint density at radius 2 is 2.40 bits per heavy atom. The van der Waals surface area contributed by atoms with Gasteiger partial charge in [-0.2, -0.15) is 0 Å². The van der Waals surface area contributed by atoms with E-state index >= 15 is 0 Å². The van der Waals surface area contributed by atoms with Crippen molar-refractivity contribution in [1.29, 1.82) is 0 Å². The van der Waals surface area contributed by atoms with Crippen LogP contribution in [0.4, 0.5) is 5.69 Å². The molecule has 1 aromatic rings. The fourth-order valence-electron chi connectivity index (χ4n) is 1.43. The summed E-state index contributed by atoms with van der Waals surface area (Å²) in [4.78, 5) is 11.1. The molecule has 2 rings (SSSR count). The number of fused-ring (bicyclic) bond motifs is 1. The Morgan fingerprint density at radius 3 is 3.13 bits per heavy atom. The Balaban J connectivity index is 2.32. The number of halogens is 1. The monoisotopic (exact) mass is 226 g/mol. The van der Waals surface area contributed by atoms with Gasteiger partial charge in [0.1, 0.15) is 11.3 Å². The van der Waals surface area contributed by atoms with Gasteiger partial charge < -0.3 is 15.4 Å². The number of ether oxygens (including phenoxy) is 1. The molecule has 0 radical (unpaired) electrons. The summed E-state index contributed by atoms with van der Waals surface area (Å²) >= 11 is 6.00. The molecular formula is C10H11ClN2O2. The maximum absolute atomic E-state index is 11.1. The van der Waals surface area contributed by atoms with E-state index in [1.165, 1.54) is 0 Å². The molecule has 15 heavy (non-hydrogen) atoms. The van der Waals surface area contributed by atoms with Crippen molar-refractivity contribution in [3.05, 3.63) is 23.8 Å². The number of rotatable bonds is 2. The van der Waals surface area contributed by atoms with Crippen LogP contribution in [0.5, 0.6) is 5.75 Å². The van der Waals surface area contributed by atoms with Gasteiger partial charge in [-0.25, -0.2) is 0 Å². The molecule has 80 valence electrons. The van der Waals surface area contributed by atoms with Crippen molar-refractivity contribution in [2.75, 3.05) is 19.0 Å². The van der Waals surface area contributed by atoms with Gasteiger partial charge in [0, 0.05) is 0 Å². The molecule has 0 fully saturated rings. The molecule has 0 aliphatic carbocycles. The van der Waals surface area contributed by atoms with Crippen LogP contribution in [0, 0.1) is 0 Å². The molecule has 0 bridgehead atoms. The number of nitrogens with one attached hydrogen (secondary N) is 2. The van der Waals surface area contributed by atoms with Crippen molar-refractivity contribution in [1.82, 2.24) is 5.32 Å². The van der Waals surface area contributed by atoms with Crippen LogP contribution in [-0.2, 0) is 4.79 Å². The Kier molecular flexibility index (Phi) is 2.79. The summed E-state index contributed by atoms with van der Waals surface area (Å²) in [6, 6.07) is 5.47. The smallest absolute Gasteiger partial charge is 0.262 e. The minimum Gasteiger partial charge on any atom is -0.482 e. The van der Waals surface area contributed by atoms with Gasteiger partial charge in [-0.1, -0.05) is 6.07 Å². The van der Waals surface area contributed by atoms with Gasteiger partial charge in [-0.3, -0.25) is 4.79 Å². The molecule has 1 atom stereocenters. The average molecular weight is 227 g/mol. The molecule has 1 amide bonds. The number of alkyl halides is 1. The minimum atomic E-state index is -0.269. The Hall–Kier alpha value is -1.26. The van der Waals surface area contributed by atoms with Crippen LogP contribution in [0.25, 0.3) is 0 Å². The first-order valence-electron chi connectivity index (χ1n) is 4.58. The Morgan fingerprint density at radius 1 is 1.60 bits per heavy atom. The highest BCUT2D eigenvalue weighted by molar-refractivity contribution is 6.20. The highest BCUT2D eigenvalue weighted by atomic mass is 35.5. The first-order chi connectivity index (χ1) is 7.20. The number of anilines is 1. The standard InChI is InChI=1S/C10H11ClN2O2/c1-12-10(11)6-2-3-8-7(4-6)13-9(14)5-15-8/h2-4,10,12H,5H2,1H3,(H,13,14). The van der Waals surface area contributed by atoms with Gasteiger partial charge >= 0.3 is 0 Å². The Labute approximate surface area is 92.6 Å². The van der Waals surface area contributed by atoms with Crippen LogP contribution < -0.4 is 15.4 Å². The number of hydrogen-bond acceptors (Lipinski definition) is 3. The summed E-state index contributed by atoms with van der Waals surface area (Å²) in [5.41, 5.74) is 1.29. The third-order valence-electron chi connectivity index (χ3n) is 2.18. The number of carbonyl (C=O) groups is 1. The average Bonchev–Trinajstić information content (AvgIpc) is 2.27. The fraction of sp³-hybridized carbons (Fsp3) is 0.300. The molecule has 0 saturated heterocycles. The van der Waals surface area contributed by atoms with Crippen molar-refractivity contribution in [3.8, 4) is 5.75 Å². The predicted molar refractivity (Wildman–Crippen MR) is 58.2 cm³/mol. The molecular weight excluding hydrogens is 216 g/mol. The molecule has 1 aromatic carbocycles. The lowest BCUT2D eigenvalue weighted by Gasteiger charge is -2.19. The van der Waals surface area contributed by atoms with Crippen LogP contribution in [0.15, 0.2) is 18.2 Å². The van der Waals surface area contributed by atoms with Gasteiger partial charge in [0.25, 0.3) is 5.91 Å². The number of hydrogen-bond donors (Lipinski definition) is 2. The third-order valence-corrected chi connectivity index (χ3v) is 2.65. The molecule has 1 heterocycles. The zero-order valence-corrected chi connectivity index (χ0v) is 8.97. The Bertz CT molecular complexity index is 395. The molecule has 1 unspecified atom stereocenters. The van der Waals surface area contributed by atoms with Crippen LogP contribution in [-0.4, -0.2) is 19.6 Å². The molecule has 5 heteroatoms. The van der Waals surface area contributed by atoms with Gasteiger partial charge in [-0.15, -0.1) is 11.6 Å². The first kappa shape index (κ1) is 10.3. The van der Waals surface area contributed by atoms with E-state index in [0.29, 0.717) is 11.4 Å². The van der Waals surface area contributed by atoms with E-state index in [4.69, 9.17) is 16.3 Å². The van der Waals surface area contributed by atoms with Gasteiger partial charge in [-0.05, 0) is 24.7 Å². The summed E-state index contributed by atoms with van der Waals surface area (Å²) in [5, 5.41) is 5.64. The van der Waals surface area contributed by atoms with E-state index in [1.54, 1.807) is 19.2 Å². The molecule has 4 nitrogen and oxygen atoms in total. The maximum atomic E-state index is 11.1. The number of amides is 1. The number of carbonyl (C=O) groups excluding carboxylic acids is 1. The normalized spacial score (nSPS) is 16.3. The van der Waals surface area contributed by atoms with E-state index < -0.39 is 0 Å². The number of benzene rings is 1. The third kappa shape index (κ3) is 2.06. The summed E-state index contributed by atoms with van der Waals surface area (Å²) in [6.07, 6.45) is 0. The second-order valence-electron chi connectivity index (χ2n) is 3.24. The van der Waals surface area contributed by atoms with Crippen molar-refractivity contribution in [2.45, 2.75) is 5.50 Å². The molecule has 1 aliphatic rings. The van der Waals surface area contributed by atoms with E-state index in [2.05, 4.69) is 10.6 Å². The lowest BCUT2D eigenvalue weighted by Crippen LogP contribution is -2.25. The quantitative estimate of drug-likeness (QED) is 0.593. The van der Waals surface area contributed by atoms with E-state index in [0.717, 1.165) is 5.56 Å². The van der Waals surface area contributed by atoms with Gasteiger partial charge in [0.2, 0.25) is 0 Å². The van der Waals surface area contributed by atoms with E-state index in [1.807, 2.05) is 6.07 Å². The molecule has 1 aliphatic heterocycles. The largest absolute Gasteiger partial charge is 0.482 e. The second kappa shape index (κ2) is 4.08.